The third-order valence-electron chi connectivity index (χ3n) is 3.73. The predicted octanol–water partition coefficient (Wildman–Crippen LogP) is 1.87. The Morgan fingerprint density at radius 3 is 2.65 bits per heavy atom. The van der Waals surface area contributed by atoms with Crippen molar-refractivity contribution < 1.29 is 4.74 Å². The molecule has 0 aliphatic rings. The van der Waals surface area contributed by atoms with Crippen molar-refractivity contribution in [2.75, 3.05) is 20.7 Å². The molecular weight excluding hydrogens is 290 g/mol. The average molecular weight is 315 g/mol. The molecule has 124 valence electrons. The molecule has 0 saturated heterocycles. The maximum atomic E-state index is 5.44. The molecule has 2 heterocycles. The molecule has 0 bridgehead atoms. The van der Waals surface area contributed by atoms with Gasteiger partial charge in [-0.05, 0) is 26.0 Å². The van der Waals surface area contributed by atoms with Gasteiger partial charge in [-0.2, -0.15) is 0 Å². The van der Waals surface area contributed by atoms with Crippen LogP contribution in [0.1, 0.15) is 16.8 Å². The maximum absolute atomic E-state index is 5.44. The highest BCUT2D eigenvalue weighted by Crippen LogP contribution is 2.23. The van der Waals surface area contributed by atoms with Crippen LogP contribution in [0, 0.1) is 13.8 Å². The molecule has 23 heavy (non-hydrogen) atoms. The van der Waals surface area contributed by atoms with Gasteiger partial charge < -0.3 is 19.9 Å². The first-order chi connectivity index (χ1) is 11.2. The molecule has 2 aromatic heterocycles. The van der Waals surface area contributed by atoms with Gasteiger partial charge in [-0.25, -0.2) is 0 Å². The fraction of sp³-hybridized carbons (Fsp3) is 0.412. The molecule has 0 aromatic carbocycles. The highest BCUT2D eigenvalue weighted by atomic mass is 16.5. The lowest BCUT2D eigenvalue weighted by Gasteiger charge is -2.15. The predicted molar refractivity (Wildman–Crippen MR) is 92.9 cm³/mol. The van der Waals surface area contributed by atoms with Crippen LogP contribution in [0.5, 0.6) is 5.75 Å². The molecule has 2 rings (SSSR count). The van der Waals surface area contributed by atoms with Crippen molar-refractivity contribution in [3.63, 3.8) is 0 Å². The summed E-state index contributed by atoms with van der Waals surface area (Å²) in [7, 11) is 3.45. The molecule has 6 heteroatoms. The van der Waals surface area contributed by atoms with Crippen LogP contribution in [0.15, 0.2) is 35.7 Å². The summed E-state index contributed by atoms with van der Waals surface area (Å²) < 4.78 is 7.56. The maximum Gasteiger partial charge on any atom is 0.191 e. The van der Waals surface area contributed by atoms with E-state index < -0.39 is 0 Å². The molecule has 2 N–H and O–H groups in total. The van der Waals surface area contributed by atoms with E-state index >= 15 is 0 Å². The van der Waals surface area contributed by atoms with Crippen LogP contribution in [-0.2, 0) is 13.1 Å². The standard InChI is InChI=1S/C17H25N5O/c1-13-11-20-15(14(2)16(13)23-4)12-21-17(18-3)19-7-10-22-8-5-6-9-22/h5-6,8-9,11H,7,10,12H2,1-4H3,(H2,18,19,21). The minimum Gasteiger partial charge on any atom is -0.496 e. The first kappa shape index (κ1) is 16.9. The van der Waals surface area contributed by atoms with Gasteiger partial charge in [0.1, 0.15) is 5.75 Å². The fourth-order valence-corrected chi connectivity index (χ4v) is 2.46. The summed E-state index contributed by atoms with van der Waals surface area (Å²) in [5.74, 6) is 1.66. The zero-order valence-electron chi connectivity index (χ0n) is 14.3. The van der Waals surface area contributed by atoms with E-state index in [1.54, 1.807) is 14.2 Å². The number of guanidine groups is 1. The average Bonchev–Trinajstić information content (AvgIpc) is 3.06. The third-order valence-corrected chi connectivity index (χ3v) is 3.73. The van der Waals surface area contributed by atoms with Crippen molar-refractivity contribution >= 4 is 5.96 Å². The fourth-order valence-electron chi connectivity index (χ4n) is 2.46. The molecule has 0 atom stereocenters. The number of aromatic nitrogens is 2. The Bertz CT molecular complexity index is 649. The molecule has 0 amide bonds. The van der Waals surface area contributed by atoms with Gasteiger partial charge in [0, 0.05) is 49.9 Å². The van der Waals surface area contributed by atoms with Gasteiger partial charge >= 0.3 is 0 Å². The van der Waals surface area contributed by atoms with Gasteiger partial charge in [-0.3, -0.25) is 9.98 Å². The van der Waals surface area contributed by atoms with Crippen LogP contribution >= 0.6 is 0 Å². The Balaban J connectivity index is 1.88. The van der Waals surface area contributed by atoms with Crippen molar-refractivity contribution in [1.29, 1.82) is 0 Å². The van der Waals surface area contributed by atoms with Crippen LogP contribution in [-0.4, -0.2) is 36.2 Å². The number of hydrogen-bond donors (Lipinski definition) is 2. The van der Waals surface area contributed by atoms with Gasteiger partial charge in [0.15, 0.2) is 5.96 Å². The Morgan fingerprint density at radius 2 is 2.00 bits per heavy atom. The highest BCUT2D eigenvalue weighted by Gasteiger charge is 2.09. The Morgan fingerprint density at radius 1 is 1.26 bits per heavy atom. The van der Waals surface area contributed by atoms with Crippen molar-refractivity contribution in [3.8, 4) is 5.75 Å². The molecule has 0 radical (unpaired) electrons. The molecule has 0 spiro atoms. The summed E-state index contributed by atoms with van der Waals surface area (Å²) >= 11 is 0. The van der Waals surface area contributed by atoms with Crippen molar-refractivity contribution in [1.82, 2.24) is 20.2 Å². The van der Waals surface area contributed by atoms with E-state index in [0.29, 0.717) is 6.54 Å². The van der Waals surface area contributed by atoms with Crippen LogP contribution in [0.3, 0.4) is 0 Å². The lowest BCUT2D eigenvalue weighted by Crippen LogP contribution is -2.38. The van der Waals surface area contributed by atoms with Crippen molar-refractivity contribution in [2.45, 2.75) is 26.9 Å². The molecule has 0 unspecified atom stereocenters. The first-order valence-corrected chi connectivity index (χ1v) is 7.70. The summed E-state index contributed by atoms with van der Waals surface area (Å²) in [5, 5.41) is 6.59. The highest BCUT2D eigenvalue weighted by molar-refractivity contribution is 5.79. The summed E-state index contributed by atoms with van der Waals surface area (Å²) in [6.07, 6.45) is 5.93. The molecule has 6 nitrogen and oxygen atoms in total. The normalized spacial score (nSPS) is 11.4. The Kier molecular flexibility index (Phi) is 6.02. The number of aryl methyl sites for hydroxylation is 1. The van der Waals surface area contributed by atoms with E-state index in [0.717, 1.165) is 41.6 Å². The number of nitrogens with zero attached hydrogens (tertiary/aromatic N) is 3. The number of aliphatic imine (C=N–C) groups is 1. The van der Waals surface area contributed by atoms with E-state index in [2.05, 4.69) is 25.2 Å². The number of hydrogen-bond acceptors (Lipinski definition) is 3. The quantitative estimate of drug-likeness (QED) is 0.631. The van der Waals surface area contributed by atoms with Gasteiger partial charge in [0.2, 0.25) is 0 Å². The molecule has 0 aliphatic carbocycles. The van der Waals surface area contributed by atoms with E-state index in [-0.39, 0.29) is 0 Å². The van der Waals surface area contributed by atoms with E-state index in [1.807, 2.05) is 44.6 Å². The molecule has 0 saturated carbocycles. The number of nitrogens with one attached hydrogen (secondary N) is 2. The second-order valence-corrected chi connectivity index (χ2v) is 5.32. The SMILES string of the molecule is CN=C(NCCn1cccc1)NCc1ncc(C)c(OC)c1C. The smallest absolute Gasteiger partial charge is 0.191 e. The third kappa shape index (κ3) is 4.48. The minimum absolute atomic E-state index is 0.603. The molecular formula is C17H25N5O. The topological polar surface area (TPSA) is 63.5 Å². The van der Waals surface area contributed by atoms with Gasteiger partial charge in [-0.15, -0.1) is 0 Å². The van der Waals surface area contributed by atoms with Crippen molar-refractivity contribution in [3.05, 3.63) is 47.5 Å². The number of pyridine rings is 1. The van der Waals surface area contributed by atoms with Gasteiger partial charge in [-0.1, -0.05) is 0 Å². The zero-order valence-corrected chi connectivity index (χ0v) is 14.3. The second-order valence-electron chi connectivity index (χ2n) is 5.32. The molecule has 2 aromatic rings. The van der Waals surface area contributed by atoms with Crippen molar-refractivity contribution in [2.24, 2.45) is 4.99 Å². The van der Waals surface area contributed by atoms with E-state index in [9.17, 15) is 0 Å². The summed E-state index contributed by atoms with van der Waals surface area (Å²) in [4.78, 5) is 8.72. The second kappa shape index (κ2) is 8.22. The summed E-state index contributed by atoms with van der Waals surface area (Å²) in [5.41, 5.74) is 3.06. The Labute approximate surface area is 137 Å². The van der Waals surface area contributed by atoms with Crippen LogP contribution in [0.4, 0.5) is 0 Å². The van der Waals surface area contributed by atoms with E-state index in [1.165, 1.54) is 0 Å². The minimum atomic E-state index is 0.603. The monoisotopic (exact) mass is 315 g/mol. The van der Waals surface area contributed by atoms with Crippen LogP contribution in [0.2, 0.25) is 0 Å². The largest absolute Gasteiger partial charge is 0.496 e. The zero-order chi connectivity index (χ0) is 16.7. The number of ether oxygens (including phenoxy) is 1. The first-order valence-electron chi connectivity index (χ1n) is 7.70. The van der Waals surface area contributed by atoms with Crippen LogP contribution < -0.4 is 15.4 Å². The lowest BCUT2D eigenvalue weighted by atomic mass is 10.1. The number of rotatable bonds is 6. The Hall–Kier alpha value is -2.50. The summed E-state index contributed by atoms with van der Waals surface area (Å²) in [6.45, 7) is 6.32. The molecule has 0 aliphatic heterocycles. The number of methoxy groups -OCH3 is 1. The molecule has 0 fully saturated rings. The van der Waals surface area contributed by atoms with E-state index in [4.69, 9.17) is 4.74 Å². The van der Waals surface area contributed by atoms with Gasteiger partial charge in [0.05, 0.1) is 19.3 Å². The van der Waals surface area contributed by atoms with Crippen LogP contribution in [0.25, 0.3) is 0 Å². The van der Waals surface area contributed by atoms with Gasteiger partial charge in [0.25, 0.3) is 0 Å². The summed E-state index contributed by atoms with van der Waals surface area (Å²) in [6, 6.07) is 4.04. The lowest BCUT2D eigenvalue weighted by molar-refractivity contribution is 0.406.